The van der Waals surface area contributed by atoms with Crippen molar-refractivity contribution in [1.29, 1.82) is 5.26 Å². The Labute approximate surface area is 147 Å². The third kappa shape index (κ3) is 2.96. The van der Waals surface area contributed by atoms with Crippen molar-refractivity contribution in [3.63, 3.8) is 0 Å². The fraction of sp³-hybridized carbons (Fsp3) is 0.111. The van der Waals surface area contributed by atoms with Gasteiger partial charge >= 0.3 is 5.79 Å². The number of hydrogen-bond donors (Lipinski definition) is 2. The molecule has 0 fully saturated rings. The Morgan fingerprint density at radius 1 is 1.32 bits per heavy atom. The van der Waals surface area contributed by atoms with E-state index in [1.54, 1.807) is 42.1 Å². The minimum absolute atomic E-state index is 0. The molecule has 2 aromatic rings. The van der Waals surface area contributed by atoms with Gasteiger partial charge in [-0.3, -0.25) is 4.70 Å². The van der Waals surface area contributed by atoms with Crippen molar-refractivity contribution >= 4 is 29.7 Å². The third-order valence-electron chi connectivity index (χ3n) is 3.94. The maximum Gasteiger partial charge on any atom is 0.312 e. The summed E-state index contributed by atoms with van der Waals surface area (Å²) in [6, 6.07) is 12.0. The lowest BCUT2D eigenvalue weighted by molar-refractivity contribution is 0.265. The van der Waals surface area contributed by atoms with Crippen molar-refractivity contribution in [3.05, 3.63) is 59.2 Å². The van der Waals surface area contributed by atoms with Gasteiger partial charge in [-0.25, -0.2) is 4.99 Å². The number of anilines is 1. The minimum Gasteiger partial charge on any atom is -0.508 e. The van der Waals surface area contributed by atoms with E-state index in [-0.39, 0.29) is 15.8 Å². The molecule has 25 heavy (non-hydrogen) atoms. The molecule has 4 rings (SSSR count). The smallest absolute Gasteiger partial charge is 0.312 e. The number of thioether (sulfide) groups is 1. The van der Waals surface area contributed by atoms with E-state index in [2.05, 4.69) is 10.3 Å². The maximum absolute atomic E-state index is 14.2. The van der Waals surface area contributed by atoms with Crippen LogP contribution in [0.5, 0.6) is 5.75 Å². The van der Waals surface area contributed by atoms with E-state index in [4.69, 9.17) is 5.26 Å². The highest BCUT2D eigenvalue weighted by atomic mass is 32.2. The molecule has 2 aliphatic rings. The molecule has 0 aliphatic carbocycles. The first-order chi connectivity index (χ1) is 11.6. The van der Waals surface area contributed by atoms with Crippen molar-refractivity contribution in [2.24, 2.45) is 4.99 Å². The second-order valence-corrected chi connectivity index (χ2v) is 6.74. The second kappa shape index (κ2) is 6.22. The summed E-state index contributed by atoms with van der Waals surface area (Å²) in [6.07, 6.45) is 5.34. The standard InChI is InChI=1S/C18H12FN3OS.FH/c19-18(10-20)14-4-1-11(7-12(14)9-21-18)2-6-17-22-15-5-3-13(23)8-16(15)24-17;/h1-9,17,22-23H;1H/b6-2+;. The van der Waals surface area contributed by atoms with Crippen LogP contribution in [0.2, 0.25) is 0 Å². The van der Waals surface area contributed by atoms with Gasteiger partial charge in [0.1, 0.15) is 11.8 Å². The zero-order chi connectivity index (χ0) is 16.7. The molecule has 0 radical (unpaired) electrons. The average molecular weight is 357 g/mol. The van der Waals surface area contributed by atoms with Crippen molar-refractivity contribution in [3.8, 4) is 11.8 Å². The number of hydrogen-bond acceptors (Lipinski definition) is 5. The van der Waals surface area contributed by atoms with Gasteiger partial charge in [-0.1, -0.05) is 36.0 Å². The summed E-state index contributed by atoms with van der Waals surface area (Å²) >= 11 is 1.61. The molecule has 4 nitrogen and oxygen atoms in total. The van der Waals surface area contributed by atoms with Crippen LogP contribution >= 0.6 is 11.8 Å². The first-order valence-corrected chi connectivity index (χ1v) is 8.20. The van der Waals surface area contributed by atoms with Crippen LogP contribution in [0.3, 0.4) is 0 Å². The Balaban J connectivity index is 0.00000182. The number of halogens is 2. The molecule has 2 N–H and O–H groups in total. The maximum atomic E-state index is 14.2. The third-order valence-corrected chi connectivity index (χ3v) is 5.06. The van der Waals surface area contributed by atoms with Crippen LogP contribution in [0.4, 0.5) is 14.8 Å². The molecule has 2 heterocycles. The highest BCUT2D eigenvalue weighted by Crippen LogP contribution is 2.41. The van der Waals surface area contributed by atoms with E-state index in [9.17, 15) is 9.50 Å². The number of nitrogens with one attached hydrogen (secondary N) is 1. The molecule has 2 aliphatic heterocycles. The van der Waals surface area contributed by atoms with Gasteiger partial charge in [0.05, 0.1) is 5.37 Å². The molecule has 0 saturated heterocycles. The van der Waals surface area contributed by atoms with E-state index in [1.807, 2.05) is 24.3 Å². The van der Waals surface area contributed by atoms with Gasteiger partial charge in [0.25, 0.3) is 0 Å². The predicted molar refractivity (Wildman–Crippen MR) is 95.3 cm³/mol. The summed E-state index contributed by atoms with van der Waals surface area (Å²) in [4.78, 5) is 4.65. The van der Waals surface area contributed by atoms with Crippen LogP contribution in [0.25, 0.3) is 6.08 Å². The molecule has 7 heteroatoms. The monoisotopic (exact) mass is 357 g/mol. The van der Waals surface area contributed by atoms with Gasteiger partial charge in [0.15, 0.2) is 0 Å². The van der Waals surface area contributed by atoms with Gasteiger partial charge in [0, 0.05) is 27.9 Å². The number of benzene rings is 2. The van der Waals surface area contributed by atoms with Crippen molar-refractivity contribution in [2.75, 3.05) is 5.32 Å². The number of phenolic OH excluding ortho intramolecular Hbond substituents is 1. The van der Waals surface area contributed by atoms with Gasteiger partial charge in [-0.15, -0.1) is 0 Å². The molecule has 0 amide bonds. The quantitative estimate of drug-likeness (QED) is 0.625. The Hall–Kier alpha value is -2.85. The Bertz CT molecular complexity index is 938. The first kappa shape index (κ1) is 17.0. The number of fused-ring (bicyclic) bond motifs is 2. The number of rotatable bonds is 2. The normalized spacial score (nSPS) is 22.8. The molecule has 0 aromatic heterocycles. The van der Waals surface area contributed by atoms with Gasteiger partial charge in [-0.05, 0) is 29.8 Å². The van der Waals surface area contributed by atoms with Crippen molar-refractivity contribution in [2.45, 2.75) is 16.1 Å². The molecule has 0 saturated carbocycles. The summed E-state index contributed by atoms with van der Waals surface area (Å²) < 4.78 is 14.2. The summed E-state index contributed by atoms with van der Waals surface area (Å²) in [5.74, 6) is -2.01. The Morgan fingerprint density at radius 3 is 2.96 bits per heavy atom. The van der Waals surface area contributed by atoms with Crippen LogP contribution in [0.1, 0.15) is 16.7 Å². The SMILES string of the molecule is F.N#CC1(F)N=Cc2cc(/C=C/C3Nc4ccc(O)cc4S3)ccc21. The van der Waals surface area contributed by atoms with E-state index < -0.39 is 5.79 Å². The zero-order valence-corrected chi connectivity index (χ0v) is 13.6. The van der Waals surface area contributed by atoms with Crippen LogP contribution in [0, 0.1) is 11.3 Å². The Morgan fingerprint density at radius 2 is 2.16 bits per heavy atom. The van der Waals surface area contributed by atoms with E-state index >= 15 is 0 Å². The highest BCUT2D eigenvalue weighted by Gasteiger charge is 2.36. The Kier molecular flexibility index (Phi) is 4.23. The molecule has 126 valence electrons. The first-order valence-electron chi connectivity index (χ1n) is 7.32. The van der Waals surface area contributed by atoms with Crippen LogP contribution in [-0.4, -0.2) is 16.7 Å². The van der Waals surface area contributed by atoms with Crippen molar-refractivity contribution in [1.82, 2.24) is 0 Å². The molecular weight excluding hydrogens is 344 g/mol. The number of phenols is 1. The van der Waals surface area contributed by atoms with Crippen molar-refractivity contribution < 1.29 is 14.2 Å². The van der Waals surface area contributed by atoms with Crippen LogP contribution in [0.15, 0.2) is 52.4 Å². The van der Waals surface area contributed by atoms with E-state index in [1.165, 1.54) is 6.21 Å². The molecule has 0 spiro atoms. The lowest BCUT2D eigenvalue weighted by Gasteiger charge is -2.09. The van der Waals surface area contributed by atoms with E-state index in [0.717, 1.165) is 16.1 Å². The second-order valence-electron chi connectivity index (χ2n) is 5.56. The summed E-state index contributed by atoms with van der Waals surface area (Å²) in [6.45, 7) is 0. The average Bonchev–Trinajstić information content (AvgIpc) is 3.14. The number of nitrogens with zero attached hydrogens (tertiary/aromatic N) is 2. The summed E-state index contributed by atoms with van der Waals surface area (Å²) in [5.41, 5.74) is 2.81. The lowest BCUT2D eigenvalue weighted by Crippen LogP contribution is -2.11. The zero-order valence-electron chi connectivity index (χ0n) is 12.8. The van der Waals surface area contributed by atoms with E-state index in [0.29, 0.717) is 11.1 Å². The number of alkyl halides is 1. The predicted octanol–water partition coefficient (Wildman–Crippen LogP) is 4.18. The number of aromatic hydroxyl groups is 1. The largest absolute Gasteiger partial charge is 0.508 e. The lowest BCUT2D eigenvalue weighted by atomic mass is 10.0. The molecule has 2 atom stereocenters. The van der Waals surface area contributed by atoms with Gasteiger partial charge in [-0.2, -0.15) is 9.65 Å². The van der Waals surface area contributed by atoms with Crippen LogP contribution < -0.4 is 5.32 Å². The van der Waals surface area contributed by atoms with Gasteiger partial charge in [0.2, 0.25) is 0 Å². The van der Waals surface area contributed by atoms with Crippen LogP contribution in [-0.2, 0) is 5.79 Å². The summed E-state index contributed by atoms with van der Waals surface area (Å²) in [5, 5.41) is 21.8. The number of nitriles is 1. The highest BCUT2D eigenvalue weighted by molar-refractivity contribution is 8.00. The molecule has 0 bridgehead atoms. The number of aliphatic imine (C=N–C) groups is 1. The minimum atomic E-state index is -2.26. The molecule has 2 unspecified atom stereocenters. The van der Waals surface area contributed by atoms with Gasteiger partial charge < -0.3 is 10.4 Å². The molecule has 2 aromatic carbocycles. The summed E-state index contributed by atoms with van der Waals surface area (Å²) in [7, 11) is 0. The fourth-order valence-corrected chi connectivity index (χ4v) is 3.80. The molecular formula is C18H13F2N3OS. The fourth-order valence-electron chi connectivity index (χ4n) is 2.74. The topological polar surface area (TPSA) is 68.4 Å².